The summed E-state index contributed by atoms with van der Waals surface area (Å²) in [4.78, 5) is 23.5. The number of carbonyl (C=O) groups is 2. The molecular weight excluding hydrogens is 391 g/mol. The molecule has 26 heavy (non-hydrogen) atoms. The van der Waals surface area contributed by atoms with Gasteiger partial charge < -0.3 is 0 Å². The summed E-state index contributed by atoms with van der Waals surface area (Å²) in [6.45, 7) is 12.2. The fraction of sp³-hybridized carbons (Fsp3) is 0.889. The maximum Gasteiger partial charge on any atom is 0.697 e. The van der Waals surface area contributed by atoms with Crippen molar-refractivity contribution < 1.29 is 23.2 Å². The van der Waals surface area contributed by atoms with Crippen LogP contribution in [0.4, 0.5) is 0 Å². The van der Waals surface area contributed by atoms with Gasteiger partial charge >= 0.3 is 8.25 Å². The zero-order valence-electron chi connectivity index (χ0n) is 17.0. The van der Waals surface area contributed by atoms with Gasteiger partial charge in [0, 0.05) is 26.9 Å². The van der Waals surface area contributed by atoms with Crippen LogP contribution in [0.2, 0.25) is 0 Å². The van der Waals surface area contributed by atoms with Crippen LogP contribution >= 0.6 is 31.8 Å². The molecule has 0 radical (unpaired) electrons. The second kappa shape index (κ2) is 13.3. The van der Waals surface area contributed by atoms with Crippen LogP contribution in [0.3, 0.4) is 0 Å². The summed E-state index contributed by atoms with van der Waals surface area (Å²) in [6.07, 6.45) is 3.18. The molecule has 0 spiro atoms. The number of carbonyl (C=O) groups excluding carboxylic acids is 2. The average Bonchev–Trinajstić information content (AvgIpc) is 2.51. The molecule has 0 aromatic rings. The average molecular weight is 426 g/mol. The highest BCUT2D eigenvalue weighted by Gasteiger charge is 2.23. The maximum absolute atomic E-state index is 11.7. The third kappa shape index (κ3) is 14.2. The Kier molecular flexibility index (Phi) is 13.3. The number of thioether (sulfide) groups is 2. The van der Waals surface area contributed by atoms with Crippen molar-refractivity contribution in [3.63, 3.8) is 0 Å². The lowest BCUT2D eigenvalue weighted by atomic mass is 9.99. The highest BCUT2D eigenvalue weighted by atomic mass is 32.2. The molecule has 0 rings (SSSR count). The van der Waals surface area contributed by atoms with Crippen molar-refractivity contribution in [3.8, 4) is 0 Å². The third-order valence-corrected chi connectivity index (χ3v) is 6.68. The van der Waals surface area contributed by atoms with Gasteiger partial charge in [-0.05, 0) is 25.7 Å². The molecule has 0 saturated carbocycles. The number of hydrogen-bond acceptors (Lipinski definition) is 7. The van der Waals surface area contributed by atoms with Gasteiger partial charge in [-0.1, -0.05) is 65.1 Å². The van der Waals surface area contributed by atoms with Crippen LogP contribution in [-0.2, 0) is 23.2 Å². The van der Waals surface area contributed by atoms with Crippen molar-refractivity contribution in [2.75, 3.05) is 24.7 Å². The predicted octanol–water partition coefficient (Wildman–Crippen LogP) is 5.85. The van der Waals surface area contributed by atoms with Gasteiger partial charge in [0.2, 0.25) is 0 Å². The van der Waals surface area contributed by atoms with Crippen molar-refractivity contribution in [3.05, 3.63) is 0 Å². The minimum atomic E-state index is -2.08. The normalized spacial score (nSPS) is 12.2. The fourth-order valence-corrected chi connectivity index (χ4v) is 4.05. The van der Waals surface area contributed by atoms with Gasteiger partial charge in [-0.25, -0.2) is 0 Å². The van der Waals surface area contributed by atoms with E-state index in [4.69, 9.17) is 9.05 Å². The van der Waals surface area contributed by atoms with Crippen molar-refractivity contribution in [2.24, 2.45) is 10.8 Å². The van der Waals surface area contributed by atoms with Crippen LogP contribution in [0.1, 0.15) is 67.2 Å². The first-order valence-electron chi connectivity index (χ1n) is 9.02. The van der Waals surface area contributed by atoms with E-state index in [-0.39, 0.29) is 21.1 Å². The Morgan fingerprint density at radius 1 is 0.731 bits per heavy atom. The lowest BCUT2D eigenvalue weighted by molar-refractivity contribution is -0.118. The summed E-state index contributed by atoms with van der Waals surface area (Å²) in [5, 5.41) is 0.380. The van der Waals surface area contributed by atoms with Gasteiger partial charge in [0.05, 0.1) is 0 Å². The lowest BCUT2D eigenvalue weighted by Crippen LogP contribution is -2.16. The Balaban J connectivity index is 3.51. The Morgan fingerprint density at radius 3 is 1.38 bits per heavy atom. The summed E-state index contributed by atoms with van der Waals surface area (Å²) in [6, 6.07) is 0. The molecule has 0 heterocycles. The number of hydrogen-bond donors (Lipinski definition) is 0. The number of unbranched alkanes of at least 4 members (excludes halogenated alkanes) is 2. The highest BCUT2D eigenvalue weighted by Crippen LogP contribution is 2.27. The predicted molar refractivity (Wildman–Crippen MR) is 112 cm³/mol. The van der Waals surface area contributed by atoms with Crippen LogP contribution in [0.5, 0.6) is 0 Å². The zero-order valence-corrected chi connectivity index (χ0v) is 19.5. The van der Waals surface area contributed by atoms with Gasteiger partial charge in [0.15, 0.2) is 10.2 Å². The number of rotatable bonds is 12. The van der Waals surface area contributed by atoms with E-state index in [1.165, 1.54) is 23.5 Å². The van der Waals surface area contributed by atoms with Gasteiger partial charge in [-0.2, -0.15) is 0 Å². The van der Waals surface area contributed by atoms with Crippen molar-refractivity contribution >= 4 is 42.0 Å². The van der Waals surface area contributed by atoms with E-state index in [1.807, 2.05) is 41.5 Å². The van der Waals surface area contributed by atoms with E-state index in [2.05, 4.69) is 0 Å². The molecule has 0 aliphatic carbocycles. The summed E-state index contributed by atoms with van der Waals surface area (Å²) < 4.78 is 21.9. The molecule has 0 aliphatic rings. The topological polar surface area (TPSA) is 69.7 Å². The fourth-order valence-electron chi connectivity index (χ4n) is 1.49. The SMILES string of the molecule is CC(C)(C)C(=O)SCCCCO[P+](=O)OCCCCSC(=O)C(C)(C)C. The van der Waals surface area contributed by atoms with Crippen LogP contribution < -0.4 is 0 Å². The molecular formula is C18H34O5PS2+. The van der Waals surface area contributed by atoms with Gasteiger partial charge in [-0.3, -0.25) is 9.59 Å². The Morgan fingerprint density at radius 2 is 1.08 bits per heavy atom. The summed E-state index contributed by atoms with van der Waals surface area (Å²) >= 11 is 2.69. The van der Waals surface area contributed by atoms with Crippen LogP contribution in [0.25, 0.3) is 0 Å². The van der Waals surface area contributed by atoms with E-state index < -0.39 is 8.25 Å². The highest BCUT2D eigenvalue weighted by molar-refractivity contribution is 8.14. The molecule has 152 valence electrons. The molecule has 5 nitrogen and oxygen atoms in total. The quantitative estimate of drug-likeness (QED) is 0.287. The van der Waals surface area contributed by atoms with Crippen molar-refractivity contribution in [2.45, 2.75) is 67.2 Å². The smallest absolute Gasteiger partial charge is 0.287 e. The first-order chi connectivity index (χ1) is 11.9. The first-order valence-corrected chi connectivity index (χ1v) is 12.1. The molecule has 0 bridgehead atoms. The van der Waals surface area contributed by atoms with E-state index in [0.29, 0.717) is 13.2 Å². The summed E-state index contributed by atoms with van der Waals surface area (Å²) in [5.74, 6) is 1.50. The summed E-state index contributed by atoms with van der Waals surface area (Å²) in [5.41, 5.74) is -0.617. The lowest BCUT2D eigenvalue weighted by Gasteiger charge is -2.15. The molecule has 0 saturated heterocycles. The minimum absolute atomic E-state index is 0.190. The monoisotopic (exact) mass is 425 g/mol. The van der Waals surface area contributed by atoms with Gasteiger partial charge in [0.1, 0.15) is 13.2 Å². The second-order valence-corrected chi connectivity index (χ2v) is 11.2. The van der Waals surface area contributed by atoms with Crippen molar-refractivity contribution in [1.29, 1.82) is 0 Å². The molecule has 0 amide bonds. The molecule has 0 aliphatic heterocycles. The largest absolute Gasteiger partial charge is 0.697 e. The molecule has 0 aromatic heterocycles. The first kappa shape index (κ1) is 26.1. The van der Waals surface area contributed by atoms with Crippen LogP contribution in [0, 0.1) is 10.8 Å². The zero-order chi connectivity index (χ0) is 20.2. The van der Waals surface area contributed by atoms with Gasteiger partial charge in [0.25, 0.3) is 0 Å². The second-order valence-electron chi connectivity index (χ2n) is 8.08. The molecule has 0 atom stereocenters. The molecule has 0 aromatic carbocycles. The molecule has 0 fully saturated rings. The third-order valence-electron chi connectivity index (χ3n) is 3.16. The minimum Gasteiger partial charge on any atom is -0.287 e. The Bertz CT molecular complexity index is 415. The van der Waals surface area contributed by atoms with E-state index in [9.17, 15) is 14.2 Å². The van der Waals surface area contributed by atoms with Crippen LogP contribution in [0.15, 0.2) is 0 Å². The molecule has 0 unspecified atom stereocenters. The maximum atomic E-state index is 11.7. The van der Waals surface area contributed by atoms with Crippen LogP contribution in [-0.4, -0.2) is 35.0 Å². The Hall–Kier alpha value is 0.0600. The molecule has 0 N–H and O–H groups in total. The van der Waals surface area contributed by atoms with Crippen molar-refractivity contribution in [1.82, 2.24) is 0 Å². The van der Waals surface area contributed by atoms with E-state index in [0.717, 1.165) is 37.2 Å². The summed E-state index contributed by atoms with van der Waals surface area (Å²) in [7, 11) is -2.08. The van der Waals surface area contributed by atoms with E-state index in [1.54, 1.807) is 0 Å². The standard InChI is InChI=1S/C18H34O5PS2/c1-17(2,3)15(19)25-13-9-7-11-22-24(21)23-12-8-10-14-26-16(20)18(4,5)6/h7-14H2,1-6H3/q+1. The van der Waals surface area contributed by atoms with E-state index >= 15 is 0 Å². The Labute approximate surface area is 168 Å². The molecule has 8 heteroatoms. The van der Waals surface area contributed by atoms with Gasteiger partial charge in [-0.15, -0.1) is 9.05 Å².